The van der Waals surface area contributed by atoms with E-state index in [9.17, 15) is 0 Å². The van der Waals surface area contributed by atoms with Gasteiger partial charge in [-0.3, -0.25) is 0 Å². The summed E-state index contributed by atoms with van der Waals surface area (Å²) in [4.78, 5) is 4.95. The van der Waals surface area contributed by atoms with Crippen molar-refractivity contribution in [1.29, 1.82) is 0 Å². The molecule has 0 saturated carbocycles. The summed E-state index contributed by atoms with van der Waals surface area (Å²) in [5, 5.41) is 0.742. The van der Waals surface area contributed by atoms with Crippen molar-refractivity contribution in [2.75, 3.05) is 0 Å². The number of hydrogen-bond donors (Lipinski definition) is 0. The zero-order chi connectivity index (χ0) is 18.2. The van der Waals surface area contributed by atoms with Crippen LogP contribution < -0.4 is 0 Å². The van der Waals surface area contributed by atoms with Gasteiger partial charge in [0.05, 0.1) is 0 Å². The molecule has 0 unspecified atom stereocenters. The fraction of sp³-hybridized carbons (Fsp3) is 0. The molecule has 0 radical (unpaired) electrons. The first kappa shape index (κ1) is 16.6. The molecule has 0 amide bonds. The van der Waals surface area contributed by atoms with Gasteiger partial charge in [-0.05, 0) is 0 Å². The molecule has 0 atom stereocenters. The van der Waals surface area contributed by atoms with Gasteiger partial charge in [0.25, 0.3) is 0 Å². The Morgan fingerprint density at radius 2 is 1.33 bits per heavy atom. The molecule has 0 N–H and O–H groups in total. The minimum atomic E-state index is 0.150. The van der Waals surface area contributed by atoms with Crippen LogP contribution in [-0.4, -0.2) is 23.9 Å². The third-order valence-corrected chi connectivity index (χ3v) is 7.11. The van der Waals surface area contributed by atoms with E-state index in [0.717, 1.165) is 20.8 Å². The standard InChI is InChI=1S/C23H15ClN2Se/c24-19-13-11-16(12-14-19)20-15-26-21(17-7-3-1-4-8-17)22(27-23(26)25-20)18-9-5-2-6-10-18/h1-15H. The van der Waals surface area contributed by atoms with Crippen molar-refractivity contribution < 1.29 is 0 Å². The first-order valence-corrected chi connectivity index (χ1v) is 10.8. The van der Waals surface area contributed by atoms with Crippen LogP contribution >= 0.6 is 11.6 Å². The molecule has 0 fully saturated rings. The second kappa shape index (κ2) is 6.86. The molecule has 0 aliphatic carbocycles. The number of imidazole rings is 1. The number of rotatable bonds is 3. The van der Waals surface area contributed by atoms with Crippen molar-refractivity contribution in [2.24, 2.45) is 0 Å². The Morgan fingerprint density at radius 1 is 0.704 bits per heavy atom. The number of fused-ring (bicyclic) bond motifs is 1. The monoisotopic (exact) mass is 434 g/mol. The molecule has 2 aromatic heterocycles. The predicted molar refractivity (Wildman–Crippen MR) is 113 cm³/mol. The molecule has 2 nitrogen and oxygen atoms in total. The third kappa shape index (κ3) is 3.04. The Kier molecular flexibility index (Phi) is 4.21. The number of halogens is 1. The Bertz CT molecular complexity index is 1210. The van der Waals surface area contributed by atoms with Crippen LogP contribution in [-0.2, 0) is 0 Å². The Labute approximate surface area is 168 Å². The van der Waals surface area contributed by atoms with Gasteiger partial charge in [0.15, 0.2) is 0 Å². The van der Waals surface area contributed by atoms with Crippen molar-refractivity contribution in [3.8, 4) is 32.5 Å². The Morgan fingerprint density at radius 3 is 2.00 bits per heavy atom. The maximum atomic E-state index is 6.03. The quantitative estimate of drug-likeness (QED) is 0.317. The van der Waals surface area contributed by atoms with Crippen LogP contribution in [0.25, 0.3) is 37.0 Å². The van der Waals surface area contributed by atoms with E-state index in [0.29, 0.717) is 0 Å². The van der Waals surface area contributed by atoms with Crippen LogP contribution in [0.2, 0.25) is 5.02 Å². The summed E-state index contributed by atoms with van der Waals surface area (Å²) >= 11 is 6.18. The summed E-state index contributed by atoms with van der Waals surface area (Å²) in [5.74, 6) is 0. The van der Waals surface area contributed by atoms with Gasteiger partial charge in [-0.2, -0.15) is 0 Å². The zero-order valence-electron chi connectivity index (χ0n) is 14.3. The zero-order valence-corrected chi connectivity index (χ0v) is 16.8. The van der Waals surface area contributed by atoms with E-state index in [4.69, 9.17) is 16.6 Å². The van der Waals surface area contributed by atoms with Crippen molar-refractivity contribution in [3.05, 3.63) is 96.1 Å². The first-order valence-electron chi connectivity index (χ1n) is 8.68. The molecule has 27 heavy (non-hydrogen) atoms. The van der Waals surface area contributed by atoms with Gasteiger partial charge in [0.2, 0.25) is 0 Å². The van der Waals surface area contributed by atoms with Gasteiger partial charge in [0, 0.05) is 0 Å². The van der Waals surface area contributed by atoms with Crippen molar-refractivity contribution >= 4 is 30.6 Å². The summed E-state index contributed by atoms with van der Waals surface area (Å²) in [7, 11) is 0. The van der Waals surface area contributed by atoms with E-state index in [1.54, 1.807) is 0 Å². The second-order valence-electron chi connectivity index (χ2n) is 6.30. The van der Waals surface area contributed by atoms with Crippen LogP contribution in [0, 0.1) is 0 Å². The number of nitrogens with zero attached hydrogens (tertiary/aromatic N) is 2. The average Bonchev–Trinajstić information content (AvgIpc) is 3.28. The molecule has 4 heteroatoms. The molecular weight excluding hydrogens is 419 g/mol. The molecule has 0 aliphatic rings. The topological polar surface area (TPSA) is 17.3 Å². The van der Waals surface area contributed by atoms with Gasteiger partial charge < -0.3 is 0 Å². The molecule has 0 bridgehead atoms. The van der Waals surface area contributed by atoms with E-state index in [-0.39, 0.29) is 14.5 Å². The molecule has 0 spiro atoms. The van der Waals surface area contributed by atoms with E-state index in [2.05, 4.69) is 71.3 Å². The van der Waals surface area contributed by atoms with Crippen molar-refractivity contribution in [2.45, 2.75) is 0 Å². The molecular formula is C23H15ClN2Se. The molecule has 5 aromatic rings. The number of aromatic nitrogens is 2. The van der Waals surface area contributed by atoms with Crippen LogP contribution in [0.5, 0.6) is 0 Å². The average molecular weight is 434 g/mol. The number of hydrogen-bond acceptors (Lipinski definition) is 1. The third-order valence-electron chi connectivity index (χ3n) is 4.55. The summed E-state index contributed by atoms with van der Waals surface area (Å²) < 4.78 is 4.77. The fourth-order valence-corrected chi connectivity index (χ4v) is 5.76. The SMILES string of the molecule is Clc1ccc(-c2cn3c(-c4ccccc4)c(-c4ccccc4)[se]c3n2)cc1. The van der Waals surface area contributed by atoms with Crippen molar-refractivity contribution in [3.63, 3.8) is 0 Å². The van der Waals surface area contributed by atoms with Crippen LogP contribution in [0.3, 0.4) is 0 Å². The summed E-state index contributed by atoms with van der Waals surface area (Å²) in [6.45, 7) is 0. The van der Waals surface area contributed by atoms with E-state index in [1.807, 2.05) is 24.3 Å². The molecule has 130 valence electrons. The van der Waals surface area contributed by atoms with E-state index in [1.165, 1.54) is 21.3 Å². The predicted octanol–water partition coefficient (Wildman–Crippen LogP) is 6.05. The molecule has 3 aromatic carbocycles. The van der Waals surface area contributed by atoms with Gasteiger partial charge >= 0.3 is 169 Å². The van der Waals surface area contributed by atoms with Gasteiger partial charge in [-0.1, -0.05) is 0 Å². The van der Waals surface area contributed by atoms with Gasteiger partial charge in [0.1, 0.15) is 0 Å². The van der Waals surface area contributed by atoms with Crippen molar-refractivity contribution in [1.82, 2.24) is 9.38 Å². The van der Waals surface area contributed by atoms with Crippen LogP contribution in [0.15, 0.2) is 91.1 Å². The maximum absolute atomic E-state index is 6.03. The second-order valence-corrected chi connectivity index (χ2v) is 8.78. The fourth-order valence-electron chi connectivity index (χ4n) is 3.26. The minimum absolute atomic E-state index is 0.150. The first-order chi connectivity index (χ1) is 13.3. The molecule has 0 aliphatic heterocycles. The summed E-state index contributed by atoms with van der Waals surface area (Å²) in [6.07, 6.45) is 2.15. The van der Waals surface area contributed by atoms with E-state index < -0.39 is 0 Å². The molecule has 0 saturated heterocycles. The Balaban J connectivity index is 1.74. The summed E-state index contributed by atoms with van der Waals surface area (Å²) in [6, 6.07) is 29.1. The van der Waals surface area contributed by atoms with Crippen LogP contribution in [0.4, 0.5) is 0 Å². The van der Waals surface area contributed by atoms with E-state index >= 15 is 0 Å². The summed E-state index contributed by atoms with van der Waals surface area (Å²) in [5.41, 5.74) is 5.81. The normalized spacial score (nSPS) is 11.1. The number of benzene rings is 3. The molecule has 5 rings (SSSR count). The van der Waals surface area contributed by atoms with Gasteiger partial charge in [-0.25, -0.2) is 0 Å². The van der Waals surface area contributed by atoms with Gasteiger partial charge in [-0.15, -0.1) is 0 Å². The Hall–Kier alpha value is -2.58. The van der Waals surface area contributed by atoms with Crippen LogP contribution in [0.1, 0.15) is 0 Å². The molecule has 2 heterocycles.